The molecule has 2 atom stereocenters. The highest BCUT2D eigenvalue weighted by molar-refractivity contribution is 7.99. The maximum atomic E-state index is 12.9. The standard InChI is InChI=1S/C23H31N3O4S/c1-15-19(16(2)30-25-15)13-31-14-21(27)26-11-18(17-9-7-6-8-10-17)20(12-26)24-22(28)29-23(3,4)5/h6-10,18,20H,11-14H2,1-5H3,(H,24,28)/t18-,20+/m0/s1. The van der Waals surface area contributed by atoms with Gasteiger partial charge in [0.25, 0.3) is 0 Å². The van der Waals surface area contributed by atoms with Gasteiger partial charge in [-0.3, -0.25) is 4.79 Å². The zero-order valence-electron chi connectivity index (χ0n) is 18.8. The van der Waals surface area contributed by atoms with Crippen LogP contribution in [-0.4, -0.2) is 52.5 Å². The fourth-order valence-electron chi connectivity index (χ4n) is 3.69. The number of hydrogen-bond donors (Lipinski definition) is 1. The molecule has 0 unspecified atom stereocenters. The summed E-state index contributed by atoms with van der Waals surface area (Å²) in [5, 5.41) is 6.94. The minimum Gasteiger partial charge on any atom is -0.444 e. The van der Waals surface area contributed by atoms with Gasteiger partial charge in [0.05, 0.1) is 17.5 Å². The number of nitrogens with zero attached hydrogens (tertiary/aromatic N) is 2. The van der Waals surface area contributed by atoms with Crippen LogP contribution in [0.15, 0.2) is 34.9 Å². The highest BCUT2D eigenvalue weighted by Gasteiger charge is 2.37. The molecular weight excluding hydrogens is 414 g/mol. The maximum Gasteiger partial charge on any atom is 0.407 e. The Morgan fingerprint density at radius 2 is 1.94 bits per heavy atom. The van der Waals surface area contributed by atoms with Gasteiger partial charge >= 0.3 is 6.09 Å². The summed E-state index contributed by atoms with van der Waals surface area (Å²) in [6, 6.07) is 9.79. The van der Waals surface area contributed by atoms with Crippen molar-refractivity contribution >= 4 is 23.8 Å². The van der Waals surface area contributed by atoms with E-state index in [2.05, 4.69) is 10.5 Å². The van der Waals surface area contributed by atoms with Gasteiger partial charge in [0.2, 0.25) is 5.91 Å². The number of ether oxygens (including phenoxy) is 1. The van der Waals surface area contributed by atoms with E-state index in [1.165, 1.54) is 0 Å². The highest BCUT2D eigenvalue weighted by atomic mass is 32.2. The third-order valence-corrected chi connectivity index (χ3v) is 6.20. The summed E-state index contributed by atoms with van der Waals surface area (Å²) in [5.41, 5.74) is 2.44. The van der Waals surface area contributed by atoms with Crippen LogP contribution in [0.1, 0.15) is 49.3 Å². The van der Waals surface area contributed by atoms with Crippen molar-refractivity contribution in [3.63, 3.8) is 0 Å². The van der Waals surface area contributed by atoms with Crippen molar-refractivity contribution in [1.82, 2.24) is 15.4 Å². The van der Waals surface area contributed by atoms with Crippen LogP contribution in [0.4, 0.5) is 4.79 Å². The molecule has 1 fully saturated rings. The summed E-state index contributed by atoms with van der Waals surface area (Å²) >= 11 is 1.55. The first-order chi connectivity index (χ1) is 14.6. The normalized spacial score (nSPS) is 18.8. The van der Waals surface area contributed by atoms with E-state index < -0.39 is 11.7 Å². The van der Waals surface area contributed by atoms with Crippen molar-refractivity contribution in [3.05, 3.63) is 52.9 Å². The molecule has 2 heterocycles. The van der Waals surface area contributed by atoms with Gasteiger partial charge in [0.15, 0.2) is 0 Å². The lowest BCUT2D eigenvalue weighted by atomic mass is 9.94. The van der Waals surface area contributed by atoms with Crippen LogP contribution >= 0.6 is 11.8 Å². The van der Waals surface area contributed by atoms with E-state index in [0.29, 0.717) is 24.6 Å². The predicted octanol–water partition coefficient (Wildman–Crippen LogP) is 4.04. The molecule has 0 aliphatic carbocycles. The van der Waals surface area contributed by atoms with E-state index in [0.717, 1.165) is 22.6 Å². The quantitative estimate of drug-likeness (QED) is 0.722. The minimum absolute atomic E-state index is 0.0187. The number of benzene rings is 1. The van der Waals surface area contributed by atoms with E-state index in [9.17, 15) is 9.59 Å². The lowest BCUT2D eigenvalue weighted by Crippen LogP contribution is -2.43. The number of hydrogen-bond acceptors (Lipinski definition) is 6. The number of likely N-dealkylation sites (tertiary alicyclic amines) is 1. The van der Waals surface area contributed by atoms with E-state index >= 15 is 0 Å². The predicted molar refractivity (Wildman–Crippen MR) is 121 cm³/mol. The Hall–Kier alpha value is -2.48. The van der Waals surface area contributed by atoms with Gasteiger partial charge in [-0.25, -0.2) is 4.79 Å². The summed E-state index contributed by atoms with van der Waals surface area (Å²) in [6.07, 6.45) is -0.458. The van der Waals surface area contributed by atoms with Crippen molar-refractivity contribution in [1.29, 1.82) is 0 Å². The zero-order chi connectivity index (χ0) is 22.6. The van der Waals surface area contributed by atoms with Crippen LogP contribution in [0.25, 0.3) is 0 Å². The topological polar surface area (TPSA) is 84.7 Å². The largest absolute Gasteiger partial charge is 0.444 e. The second kappa shape index (κ2) is 9.77. The average molecular weight is 446 g/mol. The molecule has 1 aromatic carbocycles. The molecule has 1 N–H and O–H groups in total. The average Bonchev–Trinajstić information content (AvgIpc) is 3.25. The first-order valence-electron chi connectivity index (χ1n) is 10.5. The number of carbonyl (C=O) groups excluding carboxylic acids is 2. The highest BCUT2D eigenvalue weighted by Crippen LogP contribution is 2.29. The first kappa shape index (κ1) is 23.2. The van der Waals surface area contributed by atoms with Gasteiger partial charge in [0.1, 0.15) is 11.4 Å². The Morgan fingerprint density at radius 3 is 2.55 bits per heavy atom. The van der Waals surface area contributed by atoms with Crippen LogP contribution in [-0.2, 0) is 15.3 Å². The second-order valence-corrected chi connectivity index (χ2v) is 9.85. The number of rotatable bonds is 6. The SMILES string of the molecule is Cc1noc(C)c1CSCC(=O)N1C[C@@H](NC(=O)OC(C)(C)C)[C@H](c2ccccc2)C1. The van der Waals surface area contributed by atoms with Gasteiger partial charge in [-0.1, -0.05) is 35.5 Å². The molecule has 2 amide bonds. The zero-order valence-corrected chi connectivity index (χ0v) is 19.6. The molecule has 1 aromatic heterocycles. The first-order valence-corrected chi connectivity index (χ1v) is 11.6. The van der Waals surface area contributed by atoms with Crippen molar-refractivity contribution in [3.8, 4) is 0 Å². The maximum absolute atomic E-state index is 12.9. The molecule has 0 saturated carbocycles. The Bertz CT molecular complexity index is 888. The number of nitrogens with one attached hydrogen (secondary N) is 1. The molecule has 7 nitrogen and oxygen atoms in total. The number of aryl methyl sites for hydroxylation is 2. The van der Waals surface area contributed by atoms with Gasteiger partial charge < -0.3 is 19.5 Å². The molecule has 1 aliphatic heterocycles. The Morgan fingerprint density at radius 1 is 1.23 bits per heavy atom. The molecule has 1 saturated heterocycles. The van der Waals surface area contributed by atoms with E-state index in [1.54, 1.807) is 11.8 Å². The van der Waals surface area contributed by atoms with E-state index in [-0.39, 0.29) is 17.9 Å². The fraction of sp³-hybridized carbons (Fsp3) is 0.522. The van der Waals surface area contributed by atoms with E-state index in [4.69, 9.17) is 9.26 Å². The van der Waals surface area contributed by atoms with E-state index in [1.807, 2.05) is 69.9 Å². The number of amides is 2. The lowest BCUT2D eigenvalue weighted by molar-refractivity contribution is -0.127. The van der Waals surface area contributed by atoms with Crippen molar-refractivity contribution in [2.24, 2.45) is 0 Å². The molecule has 8 heteroatoms. The smallest absolute Gasteiger partial charge is 0.407 e. The van der Waals surface area contributed by atoms with Gasteiger partial charge in [0, 0.05) is 30.3 Å². The molecule has 31 heavy (non-hydrogen) atoms. The Balaban J connectivity index is 1.63. The van der Waals surface area contributed by atoms with Crippen molar-refractivity contribution < 1.29 is 18.8 Å². The molecule has 0 spiro atoms. The van der Waals surface area contributed by atoms with Crippen molar-refractivity contribution in [2.75, 3.05) is 18.8 Å². The molecule has 3 rings (SSSR count). The monoisotopic (exact) mass is 445 g/mol. The molecule has 2 aromatic rings. The minimum atomic E-state index is -0.574. The summed E-state index contributed by atoms with van der Waals surface area (Å²) in [5.74, 6) is 1.92. The summed E-state index contributed by atoms with van der Waals surface area (Å²) in [7, 11) is 0. The van der Waals surface area contributed by atoms with Crippen LogP contribution in [0.3, 0.4) is 0 Å². The molecule has 0 radical (unpaired) electrons. The van der Waals surface area contributed by atoms with Gasteiger partial charge in [-0.2, -0.15) is 0 Å². The number of carbonyl (C=O) groups is 2. The van der Waals surface area contributed by atoms with Crippen LogP contribution in [0.2, 0.25) is 0 Å². The van der Waals surface area contributed by atoms with Crippen molar-refractivity contribution in [2.45, 2.75) is 57.9 Å². The number of aromatic nitrogens is 1. The molecule has 168 valence electrons. The number of thioether (sulfide) groups is 1. The van der Waals surface area contributed by atoms with Gasteiger partial charge in [-0.05, 0) is 40.2 Å². The van der Waals surface area contributed by atoms with Crippen LogP contribution in [0, 0.1) is 13.8 Å². The summed E-state index contributed by atoms with van der Waals surface area (Å²) < 4.78 is 10.6. The Labute approximate surface area is 187 Å². The third kappa shape index (κ3) is 6.26. The lowest BCUT2D eigenvalue weighted by Gasteiger charge is -2.24. The molecule has 1 aliphatic rings. The molecule has 0 bridgehead atoms. The summed E-state index contributed by atoms with van der Waals surface area (Å²) in [4.78, 5) is 27.1. The fourth-order valence-corrected chi connectivity index (χ4v) is 4.77. The number of alkyl carbamates (subject to hydrolysis) is 1. The van der Waals surface area contributed by atoms with Crippen LogP contribution < -0.4 is 5.32 Å². The third-order valence-electron chi connectivity index (χ3n) is 5.26. The van der Waals surface area contributed by atoms with Crippen LogP contribution in [0.5, 0.6) is 0 Å². The molecular formula is C23H31N3O4S. The summed E-state index contributed by atoms with van der Waals surface area (Å²) in [6.45, 7) is 10.3. The Kier molecular flexibility index (Phi) is 7.30. The second-order valence-electron chi connectivity index (χ2n) is 8.86. The van der Waals surface area contributed by atoms with Gasteiger partial charge in [-0.15, -0.1) is 11.8 Å².